The first-order chi connectivity index (χ1) is 6.59. The monoisotopic (exact) mass is 197 g/mol. The van der Waals surface area contributed by atoms with Crippen molar-refractivity contribution in [3.63, 3.8) is 0 Å². The number of halogens is 1. The molecule has 5 heteroatoms. The van der Waals surface area contributed by atoms with Gasteiger partial charge in [-0.1, -0.05) is 0 Å². The van der Waals surface area contributed by atoms with Gasteiger partial charge in [0, 0.05) is 12.0 Å². The minimum atomic E-state index is -1.10. The van der Waals surface area contributed by atoms with Crippen molar-refractivity contribution in [1.82, 2.24) is 0 Å². The number of carboxylic acids is 1. The number of fused-ring (bicyclic) bond motifs is 1. The topological polar surface area (TPSA) is 72.6 Å². The van der Waals surface area contributed by atoms with Gasteiger partial charge >= 0.3 is 5.97 Å². The van der Waals surface area contributed by atoms with Gasteiger partial charge in [0.1, 0.15) is 5.75 Å². The largest absolute Gasteiger partial charge is 0.478 e. The fourth-order valence-corrected chi connectivity index (χ4v) is 1.44. The molecule has 0 amide bonds. The van der Waals surface area contributed by atoms with Gasteiger partial charge in [-0.05, 0) is 12.1 Å². The van der Waals surface area contributed by atoms with E-state index < -0.39 is 17.9 Å². The maximum Gasteiger partial charge on any atom is 0.345 e. The van der Waals surface area contributed by atoms with Gasteiger partial charge in [0.2, 0.25) is 0 Å². The summed E-state index contributed by atoms with van der Waals surface area (Å²) in [6.45, 7) is 0. The molecule has 0 saturated carbocycles. The van der Waals surface area contributed by atoms with Gasteiger partial charge in [-0.25, -0.2) is 9.18 Å². The van der Waals surface area contributed by atoms with E-state index in [1.807, 2.05) is 0 Å². The lowest BCUT2D eigenvalue weighted by Gasteiger charge is -2.03. The average Bonchev–Trinajstić information content (AvgIpc) is 2.56. The molecule has 1 aliphatic heterocycles. The van der Waals surface area contributed by atoms with Gasteiger partial charge in [-0.2, -0.15) is 0 Å². The lowest BCUT2D eigenvalue weighted by molar-refractivity contribution is -0.144. The molecule has 0 aromatic heterocycles. The van der Waals surface area contributed by atoms with Crippen molar-refractivity contribution in [2.75, 3.05) is 5.73 Å². The van der Waals surface area contributed by atoms with Gasteiger partial charge in [-0.15, -0.1) is 0 Å². The van der Waals surface area contributed by atoms with Crippen molar-refractivity contribution in [3.8, 4) is 5.75 Å². The second-order valence-electron chi connectivity index (χ2n) is 3.09. The fourth-order valence-electron chi connectivity index (χ4n) is 1.44. The Hall–Kier alpha value is -1.78. The zero-order valence-corrected chi connectivity index (χ0v) is 7.16. The highest BCUT2D eigenvalue weighted by atomic mass is 19.1. The first-order valence-corrected chi connectivity index (χ1v) is 4.06. The zero-order valence-electron chi connectivity index (χ0n) is 7.16. The Bertz CT molecular complexity index is 405. The van der Waals surface area contributed by atoms with E-state index in [0.29, 0.717) is 0 Å². The van der Waals surface area contributed by atoms with Crippen LogP contribution < -0.4 is 10.5 Å². The van der Waals surface area contributed by atoms with E-state index in [2.05, 4.69) is 0 Å². The summed E-state index contributed by atoms with van der Waals surface area (Å²) in [5.74, 6) is -1.41. The molecule has 0 fully saturated rings. The van der Waals surface area contributed by atoms with Crippen LogP contribution in [0.3, 0.4) is 0 Å². The van der Waals surface area contributed by atoms with Gasteiger partial charge in [0.25, 0.3) is 0 Å². The summed E-state index contributed by atoms with van der Waals surface area (Å²) in [5.41, 5.74) is 5.60. The van der Waals surface area contributed by atoms with Crippen LogP contribution in [-0.2, 0) is 11.2 Å². The smallest absolute Gasteiger partial charge is 0.345 e. The SMILES string of the molecule is Nc1ccc2c(c1F)CC(C(=O)O)O2. The van der Waals surface area contributed by atoms with Crippen LogP contribution in [-0.4, -0.2) is 17.2 Å². The van der Waals surface area contributed by atoms with Crippen molar-refractivity contribution in [2.45, 2.75) is 12.5 Å². The Morgan fingerprint density at radius 2 is 2.36 bits per heavy atom. The molecular weight excluding hydrogens is 189 g/mol. The van der Waals surface area contributed by atoms with Crippen LogP contribution in [0.15, 0.2) is 12.1 Å². The summed E-state index contributed by atoms with van der Waals surface area (Å²) in [5, 5.41) is 8.67. The molecule has 4 nitrogen and oxygen atoms in total. The number of ether oxygens (including phenoxy) is 1. The molecule has 1 atom stereocenters. The molecular formula is C9H8FNO3. The summed E-state index contributed by atoms with van der Waals surface area (Å²) < 4.78 is 18.4. The molecule has 74 valence electrons. The first kappa shape index (κ1) is 8.80. The number of rotatable bonds is 1. The van der Waals surface area contributed by atoms with E-state index in [9.17, 15) is 9.18 Å². The van der Waals surface area contributed by atoms with Crippen LogP contribution in [0.1, 0.15) is 5.56 Å². The molecule has 1 aliphatic rings. The highest BCUT2D eigenvalue weighted by Gasteiger charge is 2.31. The van der Waals surface area contributed by atoms with Crippen molar-refractivity contribution in [1.29, 1.82) is 0 Å². The molecule has 1 heterocycles. The van der Waals surface area contributed by atoms with E-state index in [0.717, 1.165) is 0 Å². The lowest BCUT2D eigenvalue weighted by atomic mass is 10.1. The Morgan fingerprint density at radius 3 is 3.00 bits per heavy atom. The van der Waals surface area contributed by atoms with Gasteiger partial charge in [-0.3, -0.25) is 0 Å². The molecule has 3 N–H and O–H groups in total. The number of anilines is 1. The predicted octanol–water partition coefficient (Wildman–Crippen LogP) is 0.796. The number of hydrogen-bond acceptors (Lipinski definition) is 3. The summed E-state index contributed by atoms with van der Waals surface area (Å²) in [6, 6.07) is 2.84. The second kappa shape index (κ2) is 2.87. The molecule has 1 aromatic carbocycles. The van der Waals surface area contributed by atoms with E-state index >= 15 is 0 Å². The van der Waals surface area contributed by atoms with Crippen LogP contribution in [0.5, 0.6) is 5.75 Å². The molecule has 1 unspecified atom stereocenters. The highest BCUT2D eigenvalue weighted by molar-refractivity contribution is 5.75. The van der Waals surface area contributed by atoms with Crippen molar-refractivity contribution >= 4 is 11.7 Å². The zero-order chi connectivity index (χ0) is 10.3. The molecule has 0 saturated heterocycles. The number of nitrogen functional groups attached to an aromatic ring is 1. The van der Waals surface area contributed by atoms with Crippen LogP contribution in [0.2, 0.25) is 0 Å². The van der Waals surface area contributed by atoms with Crippen molar-refractivity contribution in [3.05, 3.63) is 23.5 Å². The van der Waals surface area contributed by atoms with Crippen LogP contribution in [0.25, 0.3) is 0 Å². The third-order valence-corrected chi connectivity index (χ3v) is 2.16. The molecule has 0 bridgehead atoms. The fraction of sp³-hybridized carbons (Fsp3) is 0.222. The number of hydrogen-bond donors (Lipinski definition) is 2. The first-order valence-electron chi connectivity index (χ1n) is 4.06. The van der Waals surface area contributed by atoms with Gasteiger partial charge in [0.15, 0.2) is 11.9 Å². The minimum absolute atomic E-state index is 0.0124. The Morgan fingerprint density at radius 1 is 1.64 bits per heavy atom. The lowest BCUT2D eigenvalue weighted by Crippen LogP contribution is -2.24. The quantitative estimate of drug-likeness (QED) is 0.653. The number of aliphatic carboxylic acids is 1. The average molecular weight is 197 g/mol. The maximum atomic E-state index is 13.3. The molecule has 1 aromatic rings. The standard InChI is InChI=1S/C9H8FNO3/c10-8-4-3-7(9(12)13)14-6(4)2-1-5(8)11/h1-2,7H,3,11H2,(H,12,13). The van der Waals surface area contributed by atoms with Gasteiger partial charge < -0.3 is 15.6 Å². The van der Waals surface area contributed by atoms with Crippen LogP contribution >= 0.6 is 0 Å². The third-order valence-electron chi connectivity index (χ3n) is 2.16. The normalized spacial score (nSPS) is 18.8. The van der Waals surface area contributed by atoms with Gasteiger partial charge in [0.05, 0.1) is 5.69 Å². The molecule has 2 rings (SSSR count). The summed E-state index contributed by atoms with van der Waals surface area (Å²) in [4.78, 5) is 10.6. The molecule has 0 spiro atoms. The van der Waals surface area contributed by atoms with E-state index in [-0.39, 0.29) is 23.4 Å². The number of carboxylic acid groups (broad SMARTS) is 1. The summed E-state index contributed by atoms with van der Waals surface area (Å²) in [6.07, 6.45) is -0.969. The third kappa shape index (κ3) is 1.17. The second-order valence-corrected chi connectivity index (χ2v) is 3.09. The molecule has 0 radical (unpaired) electrons. The number of carbonyl (C=O) groups is 1. The molecule has 0 aliphatic carbocycles. The van der Waals surface area contributed by atoms with E-state index in [1.165, 1.54) is 12.1 Å². The van der Waals surface area contributed by atoms with E-state index in [1.54, 1.807) is 0 Å². The molecule has 14 heavy (non-hydrogen) atoms. The number of nitrogens with two attached hydrogens (primary N) is 1. The van der Waals surface area contributed by atoms with E-state index in [4.69, 9.17) is 15.6 Å². The predicted molar refractivity (Wildman–Crippen MR) is 46.6 cm³/mol. The Kier molecular flexibility index (Phi) is 1.80. The Labute approximate surface area is 79.1 Å². The minimum Gasteiger partial charge on any atom is -0.478 e. The van der Waals surface area contributed by atoms with Crippen LogP contribution in [0.4, 0.5) is 10.1 Å². The highest BCUT2D eigenvalue weighted by Crippen LogP contribution is 2.33. The van der Waals surface area contributed by atoms with Crippen molar-refractivity contribution < 1.29 is 19.0 Å². The summed E-state index contributed by atoms with van der Waals surface area (Å²) >= 11 is 0. The maximum absolute atomic E-state index is 13.3. The van der Waals surface area contributed by atoms with Crippen LogP contribution in [0, 0.1) is 5.82 Å². The Balaban J connectivity index is 2.40. The summed E-state index contributed by atoms with van der Waals surface area (Å²) in [7, 11) is 0. The number of benzene rings is 1. The van der Waals surface area contributed by atoms with Crippen molar-refractivity contribution in [2.24, 2.45) is 0 Å².